The number of carbonyl (C=O) groups excluding carboxylic acids is 1. The second-order valence-electron chi connectivity index (χ2n) is 8.02. The van der Waals surface area contributed by atoms with E-state index in [1.54, 1.807) is 4.90 Å². The number of rotatable bonds is 7. The minimum Gasteiger partial charge on any atom is -0.480 e. The molecule has 0 spiro atoms. The monoisotopic (exact) mass is 393 g/mol. The molecule has 3 heterocycles. The number of benzene rings is 1. The lowest BCUT2D eigenvalue weighted by molar-refractivity contribution is -0.144. The fourth-order valence-corrected chi connectivity index (χ4v) is 4.47. The fourth-order valence-electron chi connectivity index (χ4n) is 4.47. The zero-order valence-electron chi connectivity index (χ0n) is 16.5. The van der Waals surface area contributed by atoms with Crippen LogP contribution in [0.25, 0.3) is 0 Å². The number of carbonyl (C=O) groups is 2. The minimum absolute atomic E-state index is 0.0376. The standard InChI is InChI=1S/C23H27N3O3/c27-21(28)15-26-20(13-16-5-2-1-3-6-16)14-18(23(26)29)9-11-19-10-8-17-7-4-12-24-22(17)25-19/h1-3,5-6,8,10,18,20H,4,7,9,11-15H2,(H,24,25)(H,27,28)/t18-,20+/m0/s1. The topological polar surface area (TPSA) is 82.5 Å². The summed E-state index contributed by atoms with van der Waals surface area (Å²) in [6.45, 7) is 0.726. The Hall–Kier alpha value is -2.89. The first-order valence-corrected chi connectivity index (χ1v) is 10.4. The van der Waals surface area contributed by atoms with Crippen molar-refractivity contribution in [3.63, 3.8) is 0 Å². The van der Waals surface area contributed by atoms with Crippen molar-refractivity contribution in [2.75, 3.05) is 18.4 Å². The number of aromatic nitrogens is 1. The lowest BCUT2D eigenvalue weighted by Gasteiger charge is -2.23. The van der Waals surface area contributed by atoms with Crippen LogP contribution in [0.4, 0.5) is 5.82 Å². The van der Waals surface area contributed by atoms with Crippen molar-refractivity contribution in [3.8, 4) is 0 Å². The van der Waals surface area contributed by atoms with Gasteiger partial charge in [-0.1, -0.05) is 36.4 Å². The number of pyridine rings is 1. The molecule has 1 amide bonds. The smallest absolute Gasteiger partial charge is 0.323 e. The summed E-state index contributed by atoms with van der Waals surface area (Å²) in [5.41, 5.74) is 3.37. The summed E-state index contributed by atoms with van der Waals surface area (Å²) in [5.74, 6) is -0.168. The average Bonchev–Trinajstić information content (AvgIpc) is 3.01. The number of nitrogens with zero attached hydrogens (tertiary/aromatic N) is 2. The van der Waals surface area contributed by atoms with E-state index < -0.39 is 5.97 Å². The van der Waals surface area contributed by atoms with Crippen LogP contribution in [0.5, 0.6) is 0 Å². The molecule has 2 aliphatic rings. The molecule has 4 rings (SSSR count). The summed E-state index contributed by atoms with van der Waals surface area (Å²) in [5, 5.41) is 12.6. The highest BCUT2D eigenvalue weighted by Crippen LogP contribution is 2.31. The van der Waals surface area contributed by atoms with Gasteiger partial charge in [0.25, 0.3) is 0 Å². The van der Waals surface area contributed by atoms with E-state index in [1.807, 2.05) is 30.3 Å². The molecule has 0 aliphatic carbocycles. The number of fused-ring (bicyclic) bond motifs is 1. The molecule has 6 heteroatoms. The third-order valence-corrected chi connectivity index (χ3v) is 5.95. The number of amides is 1. The Kier molecular flexibility index (Phi) is 5.79. The van der Waals surface area contributed by atoms with Crippen molar-refractivity contribution in [2.45, 2.75) is 44.6 Å². The highest BCUT2D eigenvalue weighted by molar-refractivity contribution is 5.85. The van der Waals surface area contributed by atoms with E-state index in [9.17, 15) is 14.7 Å². The maximum absolute atomic E-state index is 12.9. The van der Waals surface area contributed by atoms with E-state index in [4.69, 9.17) is 4.98 Å². The first-order valence-electron chi connectivity index (χ1n) is 10.4. The van der Waals surface area contributed by atoms with E-state index in [0.29, 0.717) is 19.3 Å². The molecule has 1 fully saturated rings. The quantitative estimate of drug-likeness (QED) is 0.756. The molecule has 0 bridgehead atoms. The van der Waals surface area contributed by atoms with Gasteiger partial charge in [0.05, 0.1) is 0 Å². The molecule has 1 aromatic heterocycles. The molecule has 29 heavy (non-hydrogen) atoms. The van der Waals surface area contributed by atoms with E-state index >= 15 is 0 Å². The number of hydrogen-bond donors (Lipinski definition) is 2. The van der Waals surface area contributed by atoms with Crippen molar-refractivity contribution in [3.05, 3.63) is 59.3 Å². The molecule has 2 N–H and O–H groups in total. The van der Waals surface area contributed by atoms with Crippen molar-refractivity contribution in [1.29, 1.82) is 0 Å². The summed E-state index contributed by atoms with van der Waals surface area (Å²) < 4.78 is 0. The number of likely N-dealkylation sites (tertiary alicyclic amines) is 1. The zero-order valence-corrected chi connectivity index (χ0v) is 16.5. The number of aryl methyl sites for hydroxylation is 2. The molecular formula is C23H27N3O3. The number of carboxylic acids is 1. The number of carboxylic acid groups (broad SMARTS) is 1. The highest BCUT2D eigenvalue weighted by atomic mass is 16.4. The van der Waals surface area contributed by atoms with Crippen LogP contribution in [0.2, 0.25) is 0 Å². The number of anilines is 1. The van der Waals surface area contributed by atoms with Crippen LogP contribution in [0.15, 0.2) is 42.5 Å². The summed E-state index contributed by atoms with van der Waals surface area (Å²) in [6, 6.07) is 14.1. The van der Waals surface area contributed by atoms with Gasteiger partial charge >= 0.3 is 5.97 Å². The van der Waals surface area contributed by atoms with Gasteiger partial charge in [0.15, 0.2) is 0 Å². The Morgan fingerprint density at radius 1 is 1.21 bits per heavy atom. The van der Waals surface area contributed by atoms with Gasteiger partial charge in [0, 0.05) is 24.2 Å². The van der Waals surface area contributed by atoms with Crippen LogP contribution in [-0.4, -0.2) is 46.0 Å². The third-order valence-electron chi connectivity index (χ3n) is 5.95. The first-order chi connectivity index (χ1) is 14.1. The van der Waals surface area contributed by atoms with Crippen molar-refractivity contribution in [1.82, 2.24) is 9.88 Å². The minimum atomic E-state index is -0.959. The van der Waals surface area contributed by atoms with Crippen molar-refractivity contribution in [2.24, 2.45) is 5.92 Å². The molecule has 2 aliphatic heterocycles. The molecule has 0 unspecified atom stereocenters. The van der Waals surface area contributed by atoms with Gasteiger partial charge in [-0.25, -0.2) is 4.98 Å². The number of aliphatic carboxylic acids is 1. The maximum Gasteiger partial charge on any atom is 0.323 e. The van der Waals surface area contributed by atoms with Crippen LogP contribution in [0, 0.1) is 5.92 Å². The second-order valence-corrected chi connectivity index (χ2v) is 8.02. The molecular weight excluding hydrogens is 366 g/mol. The van der Waals surface area contributed by atoms with Crippen LogP contribution in [0.3, 0.4) is 0 Å². The molecule has 152 valence electrons. The second kappa shape index (κ2) is 8.64. The summed E-state index contributed by atoms with van der Waals surface area (Å²) >= 11 is 0. The van der Waals surface area contributed by atoms with Gasteiger partial charge in [-0.05, 0) is 55.7 Å². The zero-order chi connectivity index (χ0) is 20.2. The van der Waals surface area contributed by atoms with Gasteiger partial charge in [-0.2, -0.15) is 0 Å². The van der Waals surface area contributed by atoms with Gasteiger partial charge in [0.2, 0.25) is 5.91 Å². The highest BCUT2D eigenvalue weighted by Gasteiger charge is 2.39. The van der Waals surface area contributed by atoms with E-state index in [0.717, 1.165) is 42.9 Å². The SMILES string of the molecule is O=C(O)CN1C(=O)[C@@H](CCc2ccc3c(n2)NCCC3)C[C@H]1Cc1ccccc1. The van der Waals surface area contributed by atoms with Crippen molar-refractivity contribution >= 4 is 17.7 Å². The predicted molar refractivity (Wildman–Crippen MR) is 111 cm³/mol. The Balaban J connectivity index is 1.43. The van der Waals surface area contributed by atoms with Gasteiger partial charge in [0.1, 0.15) is 12.4 Å². The Bertz CT molecular complexity index is 884. The van der Waals surface area contributed by atoms with E-state index in [2.05, 4.69) is 17.4 Å². The number of nitrogens with one attached hydrogen (secondary N) is 1. The lowest BCUT2D eigenvalue weighted by Crippen LogP contribution is -2.39. The molecule has 1 saturated heterocycles. The Morgan fingerprint density at radius 2 is 2.03 bits per heavy atom. The predicted octanol–water partition coefficient (Wildman–Crippen LogP) is 2.92. The maximum atomic E-state index is 12.9. The molecule has 2 atom stereocenters. The lowest BCUT2D eigenvalue weighted by atomic mass is 9.95. The molecule has 0 saturated carbocycles. The van der Waals surface area contributed by atoms with Crippen molar-refractivity contribution < 1.29 is 14.7 Å². The van der Waals surface area contributed by atoms with E-state index in [1.165, 1.54) is 5.56 Å². The average molecular weight is 393 g/mol. The van der Waals surface area contributed by atoms with Crippen LogP contribution < -0.4 is 5.32 Å². The molecule has 0 radical (unpaired) electrons. The van der Waals surface area contributed by atoms with E-state index in [-0.39, 0.29) is 24.4 Å². The third kappa shape index (κ3) is 4.58. The van der Waals surface area contributed by atoms with Crippen LogP contribution in [0.1, 0.15) is 36.1 Å². The van der Waals surface area contributed by atoms with Gasteiger partial charge in [-0.3, -0.25) is 9.59 Å². The molecule has 6 nitrogen and oxygen atoms in total. The van der Waals surface area contributed by atoms with Crippen LogP contribution >= 0.6 is 0 Å². The Morgan fingerprint density at radius 3 is 2.83 bits per heavy atom. The Labute approximate surface area is 171 Å². The van der Waals surface area contributed by atoms with Crippen LogP contribution in [-0.2, 0) is 28.9 Å². The summed E-state index contributed by atoms with van der Waals surface area (Å²) in [7, 11) is 0. The largest absolute Gasteiger partial charge is 0.480 e. The summed E-state index contributed by atoms with van der Waals surface area (Å²) in [4.78, 5) is 30.5. The number of hydrogen-bond acceptors (Lipinski definition) is 4. The fraction of sp³-hybridized carbons (Fsp3) is 0.435. The van der Waals surface area contributed by atoms with Gasteiger partial charge < -0.3 is 15.3 Å². The van der Waals surface area contributed by atoms with Gasteiger partial charge in [-0.15, -0.1) is 0 Å². The normalized spacial score (nSPS) is 21.0. The summed E-state index contributed by atoms with van der Waals surface area (Å²) in [6.07, 6.45) is 5.01. The molecule has 2 aromatic rings. The molecule has 1 aromatic carbocycles. The first kappa shape index (κ1) is 19.4.